The summed E-state index contributed by atoms with van der Waals surface area (Å²) < 4.78 is 38.2. The molecule has 9 heteroatoms. The highest BCUT2D eigenvalue weighted by Gasteiger charge is 2.32. The summed E-state index contributed by atoms with van der Waals surface area (Å²) in [5.74, 6) is -0.465. The minimum atomic E-state index is -4.48. The van der Waals surface area contributed by atoms with Crippen molar-refractivity contribution in [1.29, 1.82) is 0 Å². The van der Waals surface area contributed by atoms with Crippen LogP contribution in [0.1, 0.15) is 12.0 Å². The number of carbonyl (C=O) groups is 1. The molecule has 0 spiro atoms. The average molecular weight is 390 g/mol. The SMILES string of the molecule is Cl.O=C(Nc1cc(Br)cc(C(F)(F)F)c1)C1CC(O)CN1. The Hall–Kier alpha value is -0.830. The van der Waals surface area contributed by atoms with E-state index < -0.39 is 29.8 Å². The van der Waals surface area contributed by atoms with Crippen molar-refractivity contribution in [1.82, 2.24) is 5.32 Å². The van der Waals surface area contributed by atoms with Gasteiger partial charge in [-0.2, -0.15) is 13.2 Å². The molecular formula is C12H13BrClF3N2O2. The Bertz CT molecular complexity index is 528. The van der Waals surface area contributed by atoms with E-state index in [0.29, 0.717) is 6.54 Å². The minimum absolute atomic E-state index is 0. The first-order chi connectivity index (χ1) is 9.25. The van der Waals surface area contributed by atoms with Gasteiger partial charge in [-0.3, -0.25) is 4.79 Å². The minimum Gasteiger partial charge on any atom is -0.392 e. The van der Waals surface area contributed by atoms with Crippen molar-refractivity contribution in [2.75, 3.05) is 11.9 Å². The summed E-state index contributed by atoms with van der Waals surface area (Å²) in [5.41, 5.74) is -0.790. The summed E-state index contributed by atoms with van der Waals surface area (Å²) in [6.07, 6.45) is -4.85. The van der Waals surface area contributed by atoms with E-state index in [1.165, 1.54) is 6.07 Å². The number of anilines is 1. The first-order valence-corrected chi connectivity index (χ1v) is 6.65. The summed E-state index contributed by atoms with van der Waals surface area (Å²) in [7, 11) is 0. The molecule has 118 valence electrons. The summed E-state index contributed by atoms with van der Waals surface area (Å²) in [6, 6.07) is 2.60. The smallest absolute Gasteiger partial charge is 0.392 e. The van der Waals surface area contributed by atoms with Crippen molar-refractivity contribution in [2.24, 2.45) is 0 Å². The Morgan fingerprint density at radius 2 is 2.05 bits per heavy atom. The average Bonchev–Trinajstić information content (AvgIpc) is 2.74. The van der Waals surface area contributed by atoms with E-state index >= 15 is 0 Å². The van der Waals surface area contributed by atoms with Gasteiger partial charge in [-0.05, 0) is 24.6 Å². The highest BCUT2D eigenvalue weighted by atomic mass is 79.9. The van der Waals surface area contributed by atoms with Crippen molar-refractivity contribution in [2.45, 2.75) is 24.7 Å². The Morgan fingerprint density at radius 1 is 1.38 bits per heavy atom. The Labute approximate surface area is 133 Å². The number of amides is 1. The van der Waals surface area contributed by atoms with E-state index in [0.717, 1.165) is 12.1 Å². The quantitative estimate of drug-likeness (QED) is 0.728. The van der Waals surface area contributed by atoms with Crippen LogP contribution in [-0.4, -0.2) is 29.7 Å². The van der Waals surface area contributed by atoms with Crippen LogP contribution in [0.25, 0.3) is 0 Å². The van der Waals surface area contributed by atoms with Gasteiger partial charge < -0.3 is 15.7 Å². The molecule has 0 saturated carbocycles. The molecule has 1 aliphatic rings. The normalized spacial score (nSPS) is 21.8. The van der Waals surface area contributed by atoms with Crippen LogP contribution in [0.5, 0.6) is 0 Å². The third kappa shape index (κ3) is 4.84. The van der Waals surface area contributed by atoms with Crippen molar-refractivity contribution in [3.05, 3.63) is 28.2 Å². The maximum Gasteiger partial charge on any atom is 0.416 e. The molecule has 1 aromatic carbocycles. The summed E-state index contributed by atoms with van der Waals surface area (Å²) in [6.45, 7) is 0.296. The zero-order valence-electron chi connectivity index (χ0n) is 10.6. The first kappa shape index (κ1) is 18.2. The van der Waals surface area contributed by atoms with Gasteiger partial charge in [0.15, 0.2) is 0 Å². The zero-order valence-corrected chi connectivity index (χ0v) is 13.0. The van der Waals surface area contributed by atoms with Gasteiger partial charge in [-0.15, -0.1) is 12.4 Å². The number of nitrogens with one attached hydrogen (secondary N) is 2. The number of aliphatic hydroxyl groups is 1. The molecule has 21 heavy (non-hydrogen) atoms. The summed E-state index contributed by atoms with van der Waals surface area (Å²) >= 11 is 2.98. The van der Waals surface area contributed by atoms with Gasteiger partial charge in [0.05, 0.1) is 17.7 Å². The highest BCUT2D eigenvalue weighted by molar-refractivity contribution is 9.10. The predicted octanol–water partition coefficient (Wildman–Crippen LogP) is 2.55. The number of alkyl halides is 3. The van der Waals surface area contributed by atoms with Crippen LogP contribution >= 0.6 is 28.3 Å². The number of rotatable bonds is 2. The molecule has 3 N–H and O–H groups in total. The van der Waals surface area contributed by atoms with Crippen molar-refractivity contribution in [3.8, 4) is 0 Å². The Balaban J connectivity index is 0.00000220. The van der Waals surface area contributed by atoms with Crippen LogP contribution in [0.2, 0.25) is 0 Å². The third-order valence-corrected chi connectivity index (χ3v) is 3.37. The van der Waals surface area contributed by atoms with Crippen molar-refractivity contribution < 1.29 is 23.1 Å². The largest absolute Gasteiger partial charge is 0.416 e. The predicted molar refractivity (Wildman–Crippen MR) is 77.4 cm³/mol. The van der Waals surface area contributed by atoms with E-state index in [9.17, 15) is 23.1 Å². The fourth-order valence-corrected chi connectivity index (χ4v) is 2.46. The molecule has 2 rings (SSSR count). The molecule has 0 radical (unpaired) electrons. The Morgan fingerprint density at radius 3 is 2.57 bits per heavy atom. The van der Waals surface area contributed by atoms with E-state index in [-0.39, 0.29) is 29.0 Å². The molecule has 1 heterocycles. The standard InChI is InChI=1S/C12H12BrF3N2O2.ClH/c13-7-1-6(12(14,15)16)2-8(3-7)18-11(20)10-4-9(19)5-17-10;/h1-3,9-10,17,19H,4-5H2,(H,18,20);1H. The molecule has 0 bridgehead atoms. The van der Waals surface area contributed by atoms with Gasteiger partial charge in [0.25, 0.3) is 0 Å². The number of hydrogen-bond donors (Lipinski definition) is 3. The van der Waals surface area contributed by atoms with Gasteiger partial charge in [-0.1, -0.05) is 15.9 Å². The van der Waals surface area contributed by atoms with Gasteiger partial charge >= 0.3 is 6.18 Å². The van der Waals surface area contributed by atoms with Gasteiger partial charge in [0.1, 0.15) is 0 Å². The number of hydrogen-bond acceptors (Lipinski definition) is 3. The topological polar surface area (TPSA) is 61.4 Å². The fourth-order valence-electron chi connectivity index (χ4n) is 1.97. The number of benzene rings is 1. The van der Waals surface area contributed by atoms with Gasteiger partial charge in [0.2, 0.25) is 5.91 Å². The summed E-state index contributed by atoms with van der Waals surface area (Å²) in [4.78, 5) is 11.9. The highest BCUT2D eigenvalue weighted by Crippen LogP contribution is 2.33. The molecule has 1 aliphatic heterocycles. The second kappa shape index (κ2) is 6.95. The number of aliphatic hydroxyl groups excluding tert-OH is 1. The van der Waals surface area contributed by atoms with Crippen molar-refractivity contribution >= 4 is 39.9 Å². The number of β-amino-alcohol motifs (C(OH)–C–C–N with tert-alkyl or cyclic N) is 1. The molecule has 2 atom stereocenters. The summed E-state index contributed by atoms with van der Waals surface area (Å²) in [5, 5.41) is 14.5. The second-order valence-electron chi connectivity index (χ2n) is 4.57. The van der Waals surface area contributed by atoms with Crippen molar-refractivity contribution in [3.63, 3.8) is 0 Å². The van der Waals surface area contributed by atoms with Crippen LogP contribution in [0.15, 0.2) is 22.7 Å². The molecule has 1 aromatic rings. The molecule has 1 saturated heterocycles. The van der Waals surface area contributed by atoms with Crippen LogP contribution in [-0.2, 0) is 11.0 Å². The molecule has 1 fully saturated rings. The lowest BCUT2D eigenvalue weighted by molar-refractivity contribution is -0.137. The Kier molecular flexibility index (Phi) is 6.03. The lowest BCUT2D eigenvalue weighted by Crippen LogP contribution is -2.35. The maximum atomic E-state index is 12.7. The fraction of sp³-hybridized carbons (Fsp3) is 0.417. The van der Waals surface area contributed by atoms with Gasteiger partial charge in [-0.25, -0.2) is 0 Å². The monoisotopic (exact) mass is 388 g/mol. The van der Waals surface area contributed by atoms with Crippen LogP contribution in [0.4, 0.5) is 18.9 Å². The molecule has 1 amide bonds. The van der Waals surface area contributed by atoms with E-state index in [1.54, 1.807) is 0 Å². The number of halogens is 5. The maximum absolute atomic E-state index is 12.7. The zero-order chi connectivity index (χ0) is 14.9. The van der Waals surface area contributed by atoms with Gasteiger partial charge in [0, 0.05) is 16.7 Å². The van der Waals surface area contributed by atoms with Crippen LogP contribution in [0, 0.1) is 0 Å². The lowest BCUT2D eigenvalue weighted by Gasteiger charge is -2.13. The molecule has 0 aromatic heterocycles. The van der Waals surface area contributed by atoms with Crippen LogP contribution < -0.4 is 10.6 Å². The molecule has 4 nitrogen and oxygen atoms in total. The second-order valence-corrected chi connectivity index (χ2v) is 5.48. The number of carbonyl (C=O) groups excluding carboxylic acids is 1. The van der Waals surface area contributed by atoms with E-state index in [2.05, 4.69) is 26.6 Å². The van der Waals surface area contributed by atoms with Crippen LogP contribution in [0.3, 0.4) is 0 Å². The molecule has 2 unspecified atom stereocenters. The molecular weight excluding hydrogens is 376 g/mol. The van der Waals surface area contributed by atoms with E-state index in [4.69, 9.17) is 0 Å². The lowest BCUT2D eigenvalue weighted by atomic mass is 10.1. The van der Waals surface area contributed by atoms with E-state index in [1.807, 2.05) is 0 Å². The molecule has 0 aliphatic carbocycles. The first-order valence-electron chi connectivity index (χ1n) is 5.86. The third-order valence-electron chi connectivity index (χ3n) is 2.92.